The summed E-state index contributed by atoms with van der Waals surface area (Å²) < 4.78 is 20.8. The summed E-state index contributed by atoms with van der Waals surface area (Å²) in [6.45, 7) is 4.88. The van der Waals surface area contributed by atoms with Gasteiger partial charge >= 0.3 is 0 Å². The van der Waals surface area contributed by atoms with Crippen molar-refractivity contribution in [2.45, 2.75) is 38.3 Å². The summed E-state index contributed by atoms with van der Waals surface area (Å²) in [5, 5.41) is 0. The quantitative estimate of drug-likeness (QED) is 0.163. The normalized spacial score (nSPS) is 16.2. The number of piperidine rings is 1. The third-order valence-corrected chi connectivity index (χ3v) is 8.48. The van der Waals surface area contributed by atoms with Gasteiger partial charge in [-0.15, -0.1) is 23.1 Å². The number of carbonyl (C=O) groups is 1. The molecule has 46 heavy (non-hydrogen) atoms. The van der Waals surface area contributed by atoms with E-state index >= 15 is 0 Å². The maximum Gasteiger partial charge on any atom is 0.164 e. The molecule has 2 N–H and O–H groups in total. The summed E-state index contributed by atoms with van der Waals surface area (Å²) >= 11 is 1.49. The number of pyridine rings is 2. The Morgan fingerprint density at radius 3 is 2.33 bits per heavy atom. The molecule has 2 fully saturated rings. The molecule has 0 spiro atoms. The van der Waals surface area contributed by atoms with Gasteiger partial charge in [0, 0.05) is 83.3 Å². The number of nitrogens with zero attached hydrogens (tertiary/aromatic N) is 5. The van der Waals surface area contributed by atoms with Crippen LogP contribution < -0.4 is 4.74 Å². The minimum Gasteiger partial charge on any atom is -0.699 e. The van der Waals surface area contributed by atoms with Crippen LogP contribution in [0.4, 0.5) is 10.1 Å². The maximum atomic E-state index is 14.2. The summed E-state index contributed by atoms with van der Waals surface area (Å²) in [5.74, 6) is 0.145. The molecule has 1 atom stereocenters. The summed E-state index contributed by atoms with van der Waals surface area (Å²) in [7, 11) is 8.35. The Kier molecular flexibility index (Phi) is 15.6. The van der Waals surface area contributed by atoms with E-state index in [2.05, 4.69) is 58.9 Å². The fourth-order valence-corrected chi connectivity index (χ4v) is 5.62. The zero-order valence-electron chi connectivity index (χ0n) is 27.2. The van der Waals surface area contributed by atoms with Gasteiger partial charge in [0.15, 0.2) is 11.6 Å². The molecule has 1 radical (unpaired) electrons. The van der Waals surface area contributed by atoms with E-state index < -0.39 is 5.82 Å². The Labute approximate surface area is 301 Å². The van der Waals surface area contributed by atoms with Crippen molar-refractivity contribution in [3.8, 4) is 22.1 Å². The molecule has 4 aromatic rings. The van der Waals surface area contributed by atoms with Crippen LogP contribution in [0.3, 0.4) is 0 Å². The molecule has 2 aliphatic rings. The van der Waals surface area contributed by atoms with Crippen LogP contribution in [0.5, 0.6) is 11.5 Å². The van der Waals surface area contributed by atoms with Crippen molar-refractivity contribution in [3.63, 3.8) is 0 Å². The molecular weight excluding hydrogens is 678 g/mol. The minimum absolute atomic E-state index is 0. The standard InChI is InChI=1S/C25H22FN4O2S.C6H16N2.C3H6N.Y/c26-19-10-18(27)4-6-22(19)32-23-7-8-28-21-11-24(33-25(21)23)20-5-3-16(12-29-20)13-30-9-1-2-17(14-30)15-31;1-7(2)5-6-8(3)4;4-3-1-2-3;/h3-8,10-12,15,17,27H,1-2,9,13-14H2;5-6H2,1-4H3;3-4H,1-2H2;/q-1;;-1;. The Hall–Kier alpha value is -2.38. The monoisotopic (exact) mass is 722 g/mol. The average Bonchev–Trinajstić information content (AvgIpc) is 3.68. The number of aromatic nitrogens is 2. The van der Waals surface area contributed by atoms with Crippen molar-refractivity contribution in [1.29, 1.82) is 0 Å². The Bertz CT molecular complexity index is 1510. The number of benzene rings is 1. The minimum atomic E-state index is -0.574. The molecule has 4 heterocycles. The second-order valence-electron chi connectivity index (χ2n) is 12.1. The molecule has 9 nitrogen and oxygen atoms in total. The van der Waals surface area contributed by atoms with E-state index in [9.17, 15) is 9.18 Å². The predicted octanol–water partition coefficient (Wildman–Crippen LogP) is 7.69. The summed E-state index contributed by atoms with van der Waals surface area (Å²) in [4.78, 5) is 27.8. The zero-order chi connectivity index (χ0) is 32.3. The number of rotatable bonds is 9. The van der Waals surface area contributed by atoms with Gasteiger partial charge in [-0.2, -0.15) is 0 Å². The second-order valence-corrected chi connectivity index (χ2v) is 13.1. The second kappa shape index (κ2) is 18.8. The number of thiophene rings is 1. The molecule has 0 amide bonds. The first kappa shape index (κ1) is 38.1. The van der Waals surface area contributed by atoms with Crippen molar-refractivity contribution in [1.82, 2.24) is 24.7 Å². The Morgan fingerprint density at radius 2 is 1.74 bits per heavy atom. The van der Waals surface area contributed by atoms with Crippen molar-refractivity contribution in [2.75, 3.05) is 54.4 Å². The van der Waals surface area contributed by atoms with Gasteiger partial charge < -0.3 is 30.8 Å². The predicted molar refractivity (Wildman–Crippen MR) is 182 cm³/mol. The number of carbonyl (C=O) groups excluding carboxylic acids is 1. The van der Waals surface area contributed by atoms with Crippen LogP contribution in [0.25, 0.3) is 32.3 Å². The molecule has 1 saturated heterocycles. The molecular formula is C34H44FN7O2SY-2. The van der Waals surface area contributed by atoms with E-state index in [0.717, 1.165) is 97.1 Å². The number of aldehydes is 1. The van der Waals surface area contributed by atoms with Gasteiger partial charge in [0.05, 0.1) is 20.8 Å². The average molecular weight is 723 g/mol. The number of fused-ring (bicyclic) bond motifs is 1. The van der Waals surface area contributed by atoms with Gasteiger partial charge in [-0.1, -0.05) is 25.0 Å². The first-order chi connectivity index (χ1) is 21.6. The number of hydrogen-bond donors (Lipinski definition) is 0. The van der Waals surface area contributed by atoms with E-state index in [1.165, 1.54) is 23.5 Å². The fourth-order valence-electron chi connectivity index (χ4n) is 4.57. The maximum absolute atomic E-state index is 14.2. The smallest absolute Gasteiger partial charge is 0.164 e. The van der Waals surface area contributed by atoms with Crippen molar-refractivity contribution >= 4 is 33.5 Å². The number of likely N-dealkylation sites (N-methyl/N-ethyl adjacent to an activating group) is 2. The molecule has 6 rings (SSSR count). The Morgan fingerprint density at radius 1 is 1.02 bits per heavy atom. The van der Waals surface area contributed by atoms with Crippen LogP contribution in [-0.2, 0) is 44.0 Å². The van der Waals surface area contributed by atoms with Gasteiger partial charge in [0.25, 0.3) is 0 Å². The van der Waals surface area contributed by atoms with E-state index in [1.807, 2.05) is 18.3 Å². The van der Waals surface area contributed by atoms with Crippen molar-refractivity contribution in [3.05, 3.63) is 77.7 Å². The SMILES string of the molecule is CN(C)CCN(C)C.[NH-]C1CC1.[NH-]c1ccc(Oc2ccnc3cc(-c4ccc(CN5CCCC(C=O)C5)cn4)sc23)c(F)c1.[Y]. The molecule has 12 heteroatoms. The number of nitrogens with one attached hydrogen (secondary N) is 2. The van der Waals surface area contributed by atoms with E-state index in [0.29, 0.717) is 11.8 Å². The van der Waals surface area contributed by atoms with Crippen molar-refractivity contribution < 1.29 is 46.6 Å². The first-order valence-electron chi connectivity index (χ1n) is 15.3. The largest absolute Gasteiger partial charge is 0.699 e. The molecule has 1 saturated carbocycles. The van der Waals surface area contributed by atoms with E-state index in [1.54, 1.807) is 12.3 Å². The van der Waals surface area contributed by atoms with E-state index in [-0.39, 0.29) is 50.1 Å². The molecule has 1 aliphatic carbocycles. The van der Waals surface area contributed by atoms with Crippen LogP contribution >= 0.6 is 11.3 Å². The van der Waals surface area contributed by atoms with Crippen LogP contribution in [0.1, 0.15) is 31.2 Å². The van der Waals surface area contributed by atoms with Gasteiger partial charge in [-0.25, -0.2) is 4.39 Å². The van der Waals surface area contributed by atoms with Gasteiger partial charge in [0.2, 0.25) is 0 Å². The van der Waals surface area contributed by atoms with Crippen LogP contribution in [0.2, 0.25) is 0 Å². The third kappa shape index (κ3) is 12.3. The first-order valence-corrected chi connectivity index (χ1v) is 16.1. The molecule has 245 valence electrons. The van der Waals surface area contributed by atoms with E-state index in [4.69, 9.17) is 16.2 Å². The topological polar surface area (TPSA) is 109 Å². The number of likely N-dealkylation sites (tertiary alicyclic amines) is 1. The van der Waals surface area contributed by atoms with Crippen LogP contribution in [-0.4, -0.2) is 91.4 Å². The van der Waals surface area contributed by atoms with Gasteiger partial charge in [-0.05, 0) is 77.4 Å². The summed E-state index contributed by atoms with van der Waals surface area (Å²) in [6.07, 6.45) is 8.91. The molecule has 1 aromatic carbocycles. The number of halogens is 1. The van der Waals surface area contributed by atoms with Gasteiger partial charge in [0.1, 0.15) is 12.0 Å². The number of hydrogen-bond acceptors (Lipinski definition) is 8. The van der Waals surface area contributed by atoms with Crippen molar-refractivity contribution in [2.24, 2.45) is 5.92 Å². The molecule has 1 aliphatic heterocycles. The number of ether oxygens (including phenoxy) is 1. The van der Waals surface area contributed by atoms with Crippen LogP contribution in [0, 0.1) is 11.7 Å². The van der Waals surface area contributed by atoms with Gasteiger partial charge in [-0.3, -0.25) is 14.9 Å². The summed E-state index contributed by atoms with van der Waals surface area (Å²) in [5.41, 5.74) is 17.0. The molecule has 3 aromatic heterocycles. The third-order valence-electron chi connectivity index (χ3n) is 7.32. The Balaban J connectivity index is 0.000000375. The molecule has 1 unspecified atom stereocenters. The van der Waals surface area contributed by atoms with Crippen LogP contribution in [0.15, 0.2) is 54.9 Å². The zero-order valence-corrected chi connectivity index (χ0v) is 30.9. The molecule has 0 bridgehead atoms. The fraction of sp³-hybridized carbons (Fsp3) is 0.441. The summed E-state index contributed by atoms with van der Waals surface area (Å²) in [6, 6.07) is 12.1.